The topological polar surface area (TPSA) is 99.4 Å². The molecule has 0 spiro atoms. The van der Waals surface area contributed by atoms with Crippen LogP contribution in [0.2, 0.25) is 0 Å². The molecule has 2 aliphatic rings. The summed E-state index contributed by atoms with van der Waals surface area (Å²) in [7, 11) is 0. The first-order chi connectivity index (χ1) is 24.5. The van der Waals surface area contributed by atoms with Crippen molar-refractivity contribution in [3.05, 3.63) is 130 Å². The summed E-state index contributed by atoms with van der Waals surface area (Å²) < 4.78 is 11.5. The van der Waals surface area contributed by atoms with Gasteiger partial charge in [-0.2, -0.15) is 0 Å². The van der Waals surface area contributed by atoms with Crippen LogP contribution in [-0.2, 0) is 9.47 Å². The van der Waals surface area contributed by atoms with E-state index >= 15 is 0 Å². The minimum Gasteiger partial charge on any atom is -0.394 e. The van der Waals surface area contributed by atoms with Crippen molar-refractivity contribution in [1.29, 1.82) is 0 Å². The number of rotatable bonds is 17. The van der Waals surface area contributed by atoms with Gasteiger partial charge >= 0.3 is 0 Å². The molecule has 0 aromatic heterocycles. The Labute approximate surface area is 315 Å². The molecule has 0 bridgehead atoms. The highest BCUT2D eigenvalue weighted by Gasteiger charge is 2.45. The highest BCUT2D eigenvalue weighted by Crippen LogP contribution is 2.40. The normalized spacial score (nSPS) is 26.4. The zero-order chi connectivity index (χ0) is 38.9. The molecule has 0 aromatic rings. The van der Waals surface area contributed by atoms with Crippen molar-refractivity contribution in [2.75, 3.05) is 6.61 Å². The number of allylic oxidation sites excluding steroid dienone is 22. The maximum atomic E-state index is 10.3. The largest absolute Gasteiger partial charge is 0.394 e. The summed E-state index contributed by atoms with van der Waals surface area (Å²) in [6, 6.07) is 0. The van der Waals surface area contributed by atoms with Crippen molar-refractivity contribution < 1.29 is 29.9 Å². The molecule has 1 heterocycles. The third-order valence-corrected chi connectivity index (χ3v) is 9.69. The van der Waals surface area contributed by atoms with Crippen molar-refractivity contribution in [2.24, 2.45) is 5.41 Å². The summed E-state index contributed by atoms with van der Waals surface area (Å²) >= 11 is 0. The van der Waals surface area contributed by atoms with Crippen LogP contribution in [-0.4, -0.2) is 63.3 Å². The van der Waals surface area contributed by atoms with Gasteiger partial charge < -0.3 is 29.9 Å². The van der Waals surface area contributed by atoms with Gasteiger partial charge in [0, 0.05) is 0 Å². The fourth-order valence-corrected chi connectivity index (χ4v) is 6.34. The second-order valence-electron chi connectivity index (χ2n) is 15.8. The standard InChI is InChI=1S/C46H68O6/c1-33(18-11-12-19-34(2)21-15-25-37(5)28-29-39-38(6)27-17-30-45(39,7)8)20-13-22-35(3)23-14-24-36(4)26-16-31-46(9,10)52-44-43(50)42(49)41(48)40(32-47)51-44/h11-15,18-25,28-29,40-44,47-50H,16-17,26-27,30-32H2,1-10H3. The van der Waals surface area contributed by atoms with E-state index < -0.39 is 42.9 Å². The Morgan fingerprint density at radius 2 is 1.29 bits per heavy atom. The van der Waals surface area contributed by atoms with Crippen LogP contribution in [0, 0.1) is 5.41 Å². The summed E-state index contributed by atoms with van der Waals surface area (Å²) in [6.07, 6.45) is 31.7. The van der Waals surface area contributed by atoms with Crippen LogP contribution in [0.5, 0.6) is 0 Å². The third kappa shape index (κ3) is 16.3. The molecule has 0 amide bonds. The summed E-state index contributed by atoms with van der Waals surface area (Å²) in [6.45, 7) is 20.8. The van der Waals surface area contributed by atoms with Gasteiger partial charge in [0.1, 0.15) is 24.4 Å². The third-order valence-electron chi connectivity index (χ3n) is 9.69. The van der Waals surface area contributed by atoms with Gasteiger partial charge in [-0.15, -0.1) is 0 Å². The highest BCUT2D eigenvalue weighted by molar-refractivity contribution is 5.37. The quantitative estimate of drug-likeness (QED) is 0.112. The summed E-state index contributed by atoms with van der Waals surface area (Å²) in [5, 5.41) is 39.7. The van der Waals surface area contributed by atoms with E-state index in [1.54, 1.807) is 0 Å². The minimum absolute atomic E-state index is 0.265. The average molecular weight is 717 g/mol. The lowest BCUT2D eigenvalue weighted by Crippen LogP contribution is -2.60. The molecule has 6 nitrogen and oxygen atoms in total. The smallest absolute Gasteiger partial charge is 0.187 e. The zero-order valence-electron chi connectivity index (χ0n) is 33.6. The van der Waals surface area contributed by atoms with E-state index in [1.807, 2.05) is 13.8 Å². The van der Waals surface area contributed by atoms with E-state index in [9.17, 15) is 20.4 Å². The van der Waals surface area contributed by atoms with Crippen LogP contribution < -0.4 is 0 Å². The molecule has 4 N–H and O–H groups in total. The van der Waals surface area contributed by atoms with Crippen molar-refractivity contribution in [3.8, 4) is 0 Å². The predicted molar refractivity (Wildman–Crippen MR) is 218 cm³/mol. The Hall–Kier alpha value is -3.10. The van der Waals surface area contributed by atoms with Crippen LogP contribution in [0.25, 0.3) is 0 Å². The van der Waals surface area contributed by atoms with E-state index in [0.717, 1.165) is 24.0 Å². The van der Waals surface area contributed by atoms with Gasteiger partial charge in [-0.3, -0.25) is 0 Å². The number of hydrogen-bond acceptors (Lipinski definition) is 6. The Morgan fingerprint density at radius 3 is 1.83 bits per heavy atom. The van der Waals surface area contributed by atoms with Gasteiger partial charge in [-0.05, 0) is 105 Å². The Kier molecular flexibility index (Phi) is 19.2. The van der Waals surface area contributed by atoms with E-state index in [1.165, 1.54) is 47.1 Å². The first kappa shape index (κ1) is 45.1. The van der Waals surface area contributed by atoms with Crippen molar-refractivity contribution in [3.63, 3.8) is 0 Å². The lowest BCUT2D eigenvalue weighted by Gasteiger charge is -2.42. The van der Waals surface area contributed by atoms with Gasteiger partial charge in [0.2, 0.25) is 0 Å². The molecule has 0 radical (unpaired) electrons. The van der Waals surface area contributed by atoms with Crippen molar-refractivity contribution >= 4 is 0 Å². The van der Waals surface area contributed by atoms with Gasteiger partial charge in [-0.1, -0.05) is 138 Å². The van der Waals surface area contributed by atoms with Crippen LogP contribution in [0.4, 0.5) is 0 Å². The van der Waals surface area contributed by atoms with Crippen LogP contribution in [0.3, 0.4) is 0 Å². The van der Waals surface area contributed by atoms with E-state index in [2.05, 4.69) is 147 Å². The van der Waals surface area contributed by atoms with Crippen LogP contribution in [0.1, 0.15) is 108 Å². The first-order valence-electron chi connectivity index (χ1n) is 18.9. The van der Waals surface area contributed by atoms with E-state index in [4.69, 9.17) is 9.47 Å². The number of aliphatic hydroxyl groups is 4. The molecule has 0 saturated carbocycles. The fraction of sp³-hybridized carbons (Fsp3) is 0.522. The SMILES string of the molecule is CC(C=CC=C(C)C=CC=C(C)CCCC(C)(C)OC1OC(CO)C(O)C(O)C1O)=CC=CC=C(C)C=CC=C(C)C=CC1=C(C)CCCC1(C)C. The highest BCUT2D eigenvalue weighted by atomic mass is 16.7. The molecular weight excluding hydrogens is 648 g/mol. The molecule has 52 heavy (non-hydrogen) atoms. The molecule has 1 fully saturated rings. The summed E-state index contributed by atoms with van der Waals surface area (Å²) in [5.74, 6) is 0. The monoisotopic (exact) mass is 717 g/mol. The van der Waals surface area contributed by atoms with Crippen molar-refractivity contribution in [1.82, 2.24) is 0 Å². The molecular formula is C46H68O6. The van der Waals surface area contributed by atoms with Crippen LogP contribution in [0.15, 0.2) is 130 Å². The van der Waals surface area contributed by atoms with E-state index in [0.29, 0.717) is 6.42 Å². The van der Waals surface area contributed by atoms with E-state index in [-0.39, 0.29) is 5.41 Å². The summed E-state index contributed by atoms with van der Waals surface area (Å²) in [4.78, 5) is 0. The number of aliphatic hydroxyl groups excluding tert-OH is 4. The maximum absolute atomic E-state index is 10.3. The molecule has 5 atom stereocenters. The first-order valence-corrected chi connectivity index (χ1v) is 18.9. The minimum atomic E-state index is -1.45. The maximum Gasteiger partial charge on any atom is 0.187 e. The zero-order valence-corrected chi connectivity index (χ0v) is 33.6. The molecule has 6 heteroatoms. The molecule has 1 aliphatic heterocycles. The Bertz CT molecular complexity index is 1480. The number of hydrogen-bond donors (Lipinski definition) is 4. The molecule has 2 rings (SSSR count). The van der Waals surface area contributed by atoms with Gasteiger partial charge in [0.25, 0.3) is 0 Å². The summed E-state index contributed by atoms with van der Waals surface area (Å²) in [5.41, 5.74) is 8.64. The second kappa shape index (κ2) is 22.2. The Balaban J connectivity index is 1.78. The second-order valence-corrected chi connectivity index (χ2v) is 15.8. The number of ether oxygens (including phenoxy) is 2. The molecule has 5 unspecified atom stereocenters. The molecule has 288 valence electrons. The molecule has 0 aromatic carbocycles. The van der Waals surface area contributed by atoms with Gasteiger partial charge in [0.05, 0.1) is 12.2 Å². The fourth-order valence-electron chi connectivity index (χ4n) is 6.34. The lowest BCUT2D eigenvalue weighted by atomic mass is 9.72. The van der Waals surface area contributed by atoms with Gasteiger partial charge in [0.15, 0.2) is 6.29 Å². The predicted octanol–water partition coefficient (Wildman–Crippen LogP) is 9.79. The molecule has 1 saturated heterocycles. The Morgan fingerprint density at radius 1 is 0.769 bits per heavy atom. The average Bonchev–Trinajstić information content (AvgIpc) is 3.06. The van der Waals surface area contributed by atoms with Crippen molar-refractivity contribution in [2.45, 2.75) is 144 Å². The lowest BCUT2D eigenvalue weighted by molar-refractivity contribution is -0.323. The van der Waals surface area contributed by atoms with Gasteiger partial charge in [-0.25, -0.2) is 0 Å². The molecule has 1 aliphatic carbocycles. The van der Waals surface area contributed by atoms with Crippen LogP contribution >= 0.6 is 0 Å².